The lowest BCUT2D eigenvalue weighted by Gasteiger charge is -2.16. The summed E-state index contributed by atoms with van der Waals surface area (Å²) >= 11 is 1.80. The third-order valence-electron chi connectivity index (χ3n) is 3.30. The predicted octanol–water partition coefficient (Wildman–Crippen LogP) is 3.28. The van der Waals surface area contributed by atoms with E-state index in [0.717, 1.165) is 12.5 Å². The molecule has 0 spiro atoms. The lowest BCUT2D eigenvalue weighted by atomic mass is 10.2. The van der Waals surface area contributed by atoms with Crippen LogP contribution in [0.1, 0.15) is 36.1 Å². The van der Waals surface area contributed by atoms with Crippen LogP contribution in [0.2, 0.25) is 0 Å². The summed E-state index contributed by atoms with van der Waals surface area (Å²) in [5.74, 6) is 0.935. The topological polar surface area (TPSA) is 36.4 Å². The van der Waals surface area contributed by atoms with E-state index in [-0.39, 0.29) is 24.0 Å². The van der Waals surface area contributed by atoms with Crippen LogP contribution >= 0.6 is 35.3 Å². The van der Waals surface area contributed by atoms with Crippen molar-refractivity contribution < 1.29 is 0 Å². The van der Waals surface area contributed by atoms with Gasteiger partial charge < -0.3 is 10.6 Å². The van der Waals surface area contributed by atoms with Gasteiger partial charge in [0.15, 0.2) is 5.96 Å². The molecule has 0 bridgehead atoms. The molecule has 0 radical (unpaired) electrons. The number of thiophene rings is 1. The fourth-order valence-electron chi connectivity index (χ4n) is 2.21. The van der Waals surface area contributed by atoms with Gasteiger partial charge in [-0.2, -0.15) is 0 Å². The van der Waals surface area contributed by atoms with Crippen LogP contribution in [0, 0.1) is 6.92 Å². The maximum absolute atomic E-state index is 4.28. The summed E-state index contributed by atoms with van der Waals surface area (Å²) in [4.78, 5) is 5.67. The summed E-state index contributed by atoms with van der Waals surface area (Å²) < 4.78 is 0. The second-order valence-corrected chi connectivity index (χ2v) is 5.58. The monoisotopic (exact) mass is 379 g/mol. The lowest BCUT2D eigenvalue weighted by molar-refractivity contribution is 0.614. The number of hydrogen-bond acceptors (Lipinski definition) is 2. The molecular weight excluding hydrogens is 357 g/mol. The molecule has 2 N–H and O–H groups in total. The Labute approximate surface area is 130 Å². The van der Waals surface area contributed by atoms with Crippen LogP contribution in [0.4, 0.5) is 0 Å². The quantitative estimate of drug-likeness (QED) is 0.481. The van der Waals surface area contributed by atoms with Gasteiger partial charge in [0.25, 0.3) is 0 Å². The molecule has 18 heavy (non-hydrogen) atoms. The zero-order valence-electron chi connectivity index (χ0n) is 11.0. The highest BCUT2D eigenvalue weighted by molar-refractivity contribution is 14.0. The van der Waals surface area contributed by atoms with Gasteiger partial charge >= 0.3 is 0 Å². The van der Waals surface area contributed by atoms with Crippen LogP contribution in [0.5, 0.6) is 0 Å². The molecule has 0 aromatic carbocycles. The highest BCUT2D eigenvalue weighted by atomic mass is 127. The number of rotatable bonds is 3. The molecule has 0 amide bonds. The van der Waals surface area contributed by atoms with Crippen molar-refractivity contribution in [3.63, 3.8) is 0 Å². The van der Waals surface area contributed by atoms with Gasteiger partial charge in [-0.25, -0.2) is 0 Å². The van der Waals surface area contributed by atoms with E-state index >= 15 is 0 Å². The molecule has 5 heteroatoms. The first kappa shape index (κ1) is 15.8. The minimum absolute atomic E-state index is 0. The number of aliphatic imine (C=N–C) groups is 1. The van der Waals surface area contributed by atoms with Crippen molar-refractivity contribution in [1.82, 2.24) is 10.6 Å². The molecular formula is C13H22IN3S. The lowest BCUT2D eigenvalue weighted by Crippen LogP contribution is -2.41. The summed E-state index contributed by atoms with van der Waals surface area (Å²) in [5, 5.41) is 9.02. The molecule has 1 saturated carbocycles. The van der Waals surface area contributed by atoms with Gasteiger partial charge in [-0.1, -0.05) is 12.8 Å². The molecule has 1 heterocycles. The van der Waals surface area contributed by atoms with Crippen molar-refractivity contribution in [2.45, 2.75) is 45.2 Å². The molecule has 102 valence electrons. The highest BCUT2D eigenvalue weighted by Gasteiger charge is 2.15. The molecule has 3 nitrogen and oxygen atoms in total. The number of nitrogens with one attached hydrogen (secondary N) is 2. The van der Waals surface area contributed by atoms with Crippen molar-refractivity contribution >= 4 is 41.3 Å². The van der Waals surface area contributed by atoms with E-state index in [2.05, 4.69) is 34.0 Å². The average molecular weight is 379 g/mol. The second kappa shape index (κ2) is 7.99. The average Bonchev–Trinajstić information content (AvgIpc) is 2.96. The van der Waals surface area contributed by atoms with Crippen molar-refractivity contribution in [3.05, 3.63) is 21.9 Å². The van der Waals surface area contributed by atoms with E-state index in [9.17, 15) is 0 Å². The van der Waals surface area contributed by atoms with Crippen molar-refractivity contribution in [2.24, 2.45) is 4.99 Å². The van der Waals surface area contributed by atoms with E-state index in [0.29, 0.717) is 6.04 Å². The molecule has 0 atom stereocenters. The minimum Gasteiger partial charge on any atom is -0.354 e. The van der Waals surface area contributed by atoms with E-state index in [1.165, 1.54) is 36.1 Å². The van der Waals surface area contributed by atoms with E-state index < -0.39 is 0 Å². The first-order valence-electron chi connectivity index (χ1n) is 6.29. The molecule has 1 fully saturated rings. The molecule has 1 aliphatic carbocycles. The molecule has 1 aromatic rings. The van der Waals surface area contributed by atoms with Gasteiger partial charge in [0, 0.05) is 18.0 Å². The zero-order chi connectivity index (χ0) is 12.1. The van der Waals surface area contributed by atoms with Crippen molar-refractivity contribution in [1.29, 1.82) is 0 Å². The van der Waals surface area contributed by atoms with E-state index in [1.54, 1.807) is 11.3 Å². The minimum atomic E-state index is 0. The van der Waals surface area contributed by atoms with Gasteiger partial charge in [0.05, 0.1) is 6.54 Å². The number of guanidine groups is 1. The Balaban J connectivity index is 0.00000162. The number of hydrogen-bond donors (Lipinski definition) is 2. The first-order chi connectivity index (χ1) is 8.29. The Hall–Kier alpha value is -0.300. The smallest absolute Gasteiger partial charge is 0.191 e. The van der Waals surface area contributed by atoms with Gasteiger partial charge in [0.2, 0.25) is 0 Å². The van der Waals surface area contributed by atoms with Gasteiger partial charge in [-0.3, -0.25) is 4.99 Å². The molecule has 1 aliphatic rings. The predicted molar refractivity (Wildman–Crippen MR) is 90.1 cm³/mol. The van der Waals surface area contributed by atoms with Crippen LogP contribution < -0.4 is 10.6 Å². The second-order valence-electron chi connectivity index (χ2n) is 4.58. The normalized spacial score (nSPS) is 16.4. The van der Waals surface area contributed by atoms with Crippen LogP contribution in [-0.2, 0) is 6.54 Å². The SMILES string of the molecule is CN=C(NCc1sccc1C)NC1CCCC1.I. The van der Waals surface area contributed by atoms with Crippen molar-refractivity contribution in [3.8, 4) is 0 Å². The van der Waals surface area contributed by atoms with Crippen LogP contribution in [0.25, 0.3) is 0 Å². The van der Waals surface area contributed by atoms with Crippen LogP contribution in [-0.4, -0.2) is 19.0 Å². The summed E-state index contributed by atoms with van der Waals surface area (Å²) in [5.41, 5.74) is 1.36. The number of nitrogens with zero attached hydrogens (tertiary/aromatic N) is 1. The molecule has 1 aromatic heterocycles. The molecule has 2 rings (SSSR count). The fourth-order valence-corrected chi connectivity index (χ4v) is 3.05. The maximum Gasteiger partial charge on any atom is 0.191 e. The van der Waals surface area contributed by atoms with Gasteiger partial charge in [-0.15, -0.1) is 35.3 Å². The highest BCUT2D eigenvalue weighted by Crippen LogP contribution is 2.18. The fraction of sp³-hybridized carbons (Fsp3) is 0.615. The number of halogens is 1. The Morgan fingerprint density at radius 3 is 2.72 bits per heavy atom. The molecule has 0 unspecified atom stereocenters. The van der Waals surface area contributed by atoms with Gasteiger partial charge in [0.1, 0.15) is 0 Å². The van der Waals surface area contributed by atoms with E-state index in [4.69, 9.17) is 0 Å². The maximum atomic E-state index is 4.28. The molecule has 0 aliphatic heterocycles. The van der Waals surface area contributed by atoms with Gasteiger partial charge in [-0.05, 0) is 36.8 Å². The third kappa shape index (κ3) is 4.42. The first-order valence-corrected chi connectivity index (χ1v) is 7.17. The summed E-state index contributed by atoms with van der Waals surface area (Å²) in [6.07, 6.45) is 5.24. The third-order valence-corrected chi connectivity index (χ3v) is 4.33. The van der Waals surface area contributed by atoms with Crippen LogP contribution in [0.3, 0.4) is 0 Å². The summed E-state index contributed by atoms with van der Waals surface area (Å²) in [7, 11) is 1.84. The Morgan fingerprint density at radius 2 is 2.17 bits per heavy atom. The Morgan fingerprint density at radius 1 is 1.44 bits per heavy atom. The van der Waals surface area contributed by atoms with Crippen molar-refractivity contribution in [2.75, 3.05) is 7.05 Å². The number of aryl methyl sites for hydroxylation is 1. The summed E-state index contributed by atoms with van der Waals surface area (Å²) in [6, 6.07) is 2.78. The largest absolute Gasteiger partial charge is 0.354 e. The Kier molecular flexibility index (Phi) is 6.99. The molecule has 0 saturated heterocycles. The standard InChI is InChI=1S/C13H21N3S.HI/c1-10-7-8-17-12(10)9-15-13(14-2)16-11-5-3-4-6-11;/h7-8,11H,3-6,9H2,1-2H3,(H2,14,15,16);1H. The van der Waals surface area contributed by atoms with E-state index in [1.807, 2.05) is 7.05 Å². The Bertz CT molecular complexity index is 383. The van der Waals surface area contributed by atoms with Crippen LogP contribution in [0.15, 0.2) is 16.4 Å². The zero-order valence-corrected chi connectivity index (χ0v) is 14.2. The summed E-state index contributed by atoms with van der Waals surface area (Å²) in [6.45, 7) is 3.02.